The van der Waals surface area contributed by atoms with Crippen LogP contribution >= 0.6 is 0 Å². The van der Waals surface area contributed by atoms with E-state index in [0.717, 1.165) is 16.2 Å². The molecule has 0 aliphatic carbocycles. The third kappa shape index (κ3) is 3.12. The highest BCUT2D eigenvalue weighted by atomic mass is 32.2. The maximum Gasteiger partial charge on any atom is 0.104 e. The lowest BCUT2D eigenvalue weighted by molar-refractivity contribution is 0.674. The van der Waals surface area contributed by atoms with Gasteiger partial charge in [-0.25, -0.2) is 8.57 Å². The highest BCUT2D eigenvalue weighted by Crippen LogP contribution is 2.23. The van der Waals surface area contributed by atoms with Crippen molar-refractivity contribution in [1.82, 2.24) is 0 Å². The fraction of sp³-hybridized carbons (Fsp3) is 0.125. The number of benzene rings is 2. The van der Waals surface area contributed by atoms with Crippen LogP contribution in [0.5, 0.6) is 0 Å². The Labute approximate surface area is 115 Å². The van der Waals surface area contributed by atoms with Gasteiger partial charge in [-0.3, -0.25) is 0 Å². The summed E-state index contributed by atoms with van der Waals surface area (Å²) in [7, 11) is -2.54. The normalized spacial score (nSPS) is 10.9. The van der Waals surface area contributed by atoms with Gasteiger partial charge in [0.15, 0.2) is 0 Å². The number of hydrogen-bond acceptors (Lipinski definition) is 2. The molecule has 0 aromatic heterocycles. The van der Waals surface area contributed by atoms with E-state index in [2.05, 4.69) is 10.9 Å². The average molecular weight is 271 g/mol. The van der Waals surface area contributed by atoms with Crippen molar-refractivity contribution in [2.45, 2.75) is 16.2 Å². The molecule has 2 aromatic rings. The first-order chi connectivity index (χ1) is 9.27. The van der Waals surface area contributed by atoms with Crippen LogP contribution in [0, 0.1) is 0 Å². The van der Waals surface area contributed by atoms with Crippen molar-refractivity contribution in [2.24, 2.45) is 4.36 Å². The Morgan fingerprint density at radius 1 is 0.947 bits per heavy atom. The number of hydrogen-bond donors (Lipinski definition) is 0. The molecule has 0 atom stereocenters. The van der Waals surface area contributed by atoms with Gasteiger partial charge >= 0.3 is 0 Å². The maximum atomic E-state index is 13.3. The maximum absolute atomic E-state index is 13.3. The van der Waals surface area contributed by atoms with Crippen LogP contribution in [0.15, 0.2) is 87.5 Å². The fourth-order valence-electron chi connectivity index (χ4n) is 1.77. The van der Waals surface area contributed by atoms with E-state index >= 15 is 0 Å². The summed E-state index contributed by atoms with van der Waals surface area (Å²) in [6.07, 6.45) is 2.52. The molecule has 0 unspecified atom stereocenters. The topological polar surface area (TPSA) is 29.4 Å². The highest BCUT2D eigenvalue weighted by Gasteiger charge is 2.14. The molecule has 0 aliphatic rings. The Kier molecular flexibility index (Phi) is 4.53. The quantitative estimate of drug-likeness (QED) is 0.593. The smallest absolute Gasteiger partial charge is 0.104 e. The summed E-state index contributed by atoms with van der Waals surface area (Å²) < 4.78 is 17.7. The average Bonchev–Trinajstić information content (AvgIpc) is 2.49. The third-order valence-electron chi connectivity index (χ3n) is 2.73. The Morgan fingerprint density at radius 3 is 1.84 bits per heavy atom. The molecule has 0 saturated carbocycles. The molecule has 0 radical (unpaired) electrons. The van der Waals surface area contributed by atoms with Gasteiger partial charge in [0.05, 0.1) is 16.3 Å². The van der Waals surface area contributed by atoms with Gasteiger partial charge in [0, 0.05) is 0 Å². The van der Waals surface area contributed by atoms with E-state index in [-0.39, 0.29) is 0 Å². The van der Waals surface area contributed by atoms with E-state index < -0.39 is 9.73 Å². The predicted octanol–water partition coefficient (Wildman–Crippen LogP) is 4.15. The van der Waals surface area contributed by atoms with Crippen LogP contribution in [0.3, 0.4) is 0 Å². The summed E-state index contributed by atoms with van der Waals surface area (Å²) in [5.41, 5.74) is 0. The van der Waals surface area contributed by atoms with E-state index in [1.54, 1.807) is 6.08 Å². The van der Waals surface area contributed by atoms with Gasteiger partial charge in [-0.15, -0.1) is 6.58 Å². The molecule has 0 saturated heterocycles. The Hall–Kier alpha value is -1.87. The van der Waals surface area contributed by atoms with Crippen molar-refractivity contribution in [3.8, 4) is 0 Å². The molecule has 0 spiro atoms. The van der Waals surface area contributed by atoms with Crippen molar-refractivity contribution >= 4 is 9.73 Å². The molecule has 0 bridgehead atoms. The van der Waals surface area contributed by atoms with Gasteiger partial charge in [0.25, 0.3) is 0 Å². The van der Waals surface area contributed by atoms with E-state index in [1.807, 2.05) is 60.7 Å². The van der Waals surface area contributed by atoms with Gasteiger partial charge in [-0.05, 0) is 30.7 Å². The molecule has 2 rings (SSSR count). The second-order valence-electron chi connectivity index (χ2n) is 4.08. The molecule has 0 aliphatic heterocycles. The van der Waals surface area contributed by atoms with Crippen LogP contribution in [0.4, 0.5) is 0 Å². The van der Waals surface area contributed by atoms with Crippen molar-refractivity contribution < 1.29 is 4.21 Å². The third-order valence-corrected chi connectivity index (χ3v) is 5.10. The predicted molar refractivity (Wildman–Crippen MR) is 79.7 cm³/mol. The lowest BCUT2D eigenvalue weighted by Gasteiger charge is -2.10. The van der Waals surface area contributed by atoms with Crippen molar-refractivity contribution in [3.05, 3.63) is 73.3 Å². The molecule has 0 amide bonds. The van der Waals surface area contributed by atoms with Crippen LogP contribution in [-0.2, 0) is 9.73 Å². The molecule has 3 heteroatoms. The zero-order valence-corrected chi connectivity index (χ0v) is 11.6. The number of nitrogens with zero attached hydrogens (tertiary/aromatic N) is 1. The van der Waals surface area contributed by atoms with Crippen molar-refractivity contribution in [2.75, 3.05) is 6.54 Å². The second kappa shape index (κ2) is 6.34. The summed E-state index contributed by atoms with van der Waals surface area (Å²) in [5.74, 6) is 0. The summed E-state index contributed by atoms with van der Waals surface area (Å²) in [4.78, 5) is 1.51. The second-order valence-corrected chi connectivity index (χ2v) is 6.33. The lowest BCUT2D eigenvalue weighted by atomic mass is 10.4. The van der Waals surface area contributed by atoms with Gasteiger partial charge in [-0.1, -0.05) is 42.5 Å². The largest absolute Gasteiger partial charge is 0.240 e. The van der Waals surface area contributed by atoms with Crippen LogP contribution < -0.4 is 0 Å². The van der Waals surface area contributed by atoms with E-state index in [9.17, 15) is 4.21 Å². The number of rotatable bonds is 5. The molecule has 2 nitrogen and oxygen atoms in total. The summed E-state index contributed by atoms with van der Waals surface area (Å²) >= 11 is 0. The van der Waals surface area contributed by atoms with Gasteiger partial charge < -0.3 is 0 Å². The molecule has 0 fully saturated rings. The molecule has 19 heavy (non-hydrogen) atoms. The minimum absolute atomic E-state index is 0.520. The van der Waals surface area contributed by atoms with E-state index in [1.165, 1.54) is 0 Å². The Bertz CT molecular complexity index is 595. The van der Waals surface area contributed by atoms with Crippen LogP contribution in [-0.4, -0.2) is 10.8 Å². The van der Waals surface area contributed by atoms with Gasteiger partial charge in [0.1, 0.15) is 9.73 Å². The standard InChI is InChI=1S/C16H17NOS/c1-2-3-14-17-19(18,15-10-6-4-7-11-15)16-12-8-5-9-13-16/h2,4-13H,1,3,14H2. The first kappa shape index (κ1) is 13.6. The van der Waals surface area contributed by atoms with Crippen LogP contribution in [0.25, 0.3) is 0 Å². The van der Waals surface area contributed by atoms with Gasteiger partial charge in [0.2, 0.25) is 0 Å². The SMILES string of the molecule is C=CCCN=S(=O)(c1ccccc1)c1ccccc1. The van der Waals surface area contributed by atoms with Crippen molar-refractivity contribution in [1.29, 1.82) is 0 Å². The van der Waals surface area contributed by atoms with Crippen LogP contribution in [0.2, 0.25) is 0 Å². The zero-order chi connectivity index (χ0) is 13.6. The molecule has 0 N–H and O–H groups in total. The van der Waals surface area contributed by atoms with E-state index in [0.29, 0.717) is 6.54 Å². The van der Waals surface area contributed by atoms with Crippen LogP contribution in [0.1, 0.15) is 6.42 Å². The lowest BCUT2D eigenvalue weighted by Crippen LogP contribution is -2.03. The summed E-state index contributed by atoms with van der Waals surface area (Å²) in [6.45, 7) is 4.19. The minimum atomic E-state index is -2.54. The first-order valence-electron chi connectivity index (χ1n) is 6.21. The summed E-state index contributed by atoms with van der Waals surface area (Å²) in [5, 5.41) is 0. The fourth-order valence-corrected chi connectivity index (χ4v) is 3.75. The molecule has 2 aromatic carbocycles. The molecule has 0 heterocycles. The summed E-state index contributed by atoms with van der Waals surface area (Å²) in [6, 6.07) is 18.9. The minimum Gasteiger partial charge on any atom is -0.240 e. The molecular weight excluding hydrogens is 254 g/mol. The van der Waals surface area contributed by atoms with Crippen molar-refractivity contribution in [3.63, 3.8) is 0 Å². The Balaban J connectivity index is 2.55. The Morgan fingerprint density at radius 2 is 1.42 bits per heavy atom. The molecule has 98 valence electrons. The molecular formula is C16H17NOS. The zero-order valence-electron chi connectivity index (χ0n) is 10.7. The first-order valence-corrected chi connectivity index (χ1v) is 7.73. The monoisotopic (exact) mass is 271 g/mol. The van der Waals surface area contributed by atoms with Gasteiger partial charge in [-0.2, -0.15) is 0 Å². The van der Waals surface area contributed by atoms with E-state index in [4.69, 9.17) is 0 Å². The highest BCUT2D eigenvalue weighted by molar-refractivity contribution is 7.93.